The molecule has 1 aliphatic rings. The fourth-order valence-corrected chi connectivity index (χ4v) is 4.64. The van der Waals surface area contributed by atoms with Gasteiger partial charge in [-0.3, -0.25) is 9.69 Å². The van der Waals surface area contributed by atoms with Crippen LogP contribution in [0, 0.1) is 0 Å². The average Bonchev–Trinajstić information content (AvgIpc) is 3.11. The van der Waals surface area contributed by atoms with Crippen molar-refractivity contribution in [3.8, 4) is 0 Å². The number of benzene rings is 1. The zero-order chi connectivity index (χ0) is 20.1. The Bertz CT molecular complexity index is 909. The first kappa shape index (κ1) is 20.5. The molecule has 0 unspecified atom stereocenters. The number of sulfone groups is 1. The summed E-state index contributed by atoms with van der Waals surface area (Å²) in [5.41, 5.74) is 1.97. The second-order valence-corrected chi connectivity index (χ2v) is 9.18. The quantitative estimate of drug-likeness (QED) is 0.723. The van der Waals surface area contributed by atoms with Crippen LogP contribution in [-0.2, 0) is 34.1 Å². The monoisotopic (exact) mass is 404 g/mol. The molecule has 7 nitrogen and oxygen atoms in total. The van der Waals surface area contributed by atoms with Crippen LogP contribution in [-0.4, -0.2) is 53.7 Å². The summed E-state index contributed by atoms with van der Waals surface area (Å²) in [5.74, 6) is 0.0453. The van der Waals surface area contributed by atoms with Crippen LogP contribution in [0.5, 0.6) is 0 Å². The van der Waals surface area contributed by atoms with Crippen LogP contribution in [0.15, 0.2) is 41.7 Å². The van der Waals surface area contributed by atoms with E-state index in [1.54, 1.807) is 13.1 Å². The van der Waals surface area contributed by atoms with E-state index in [4.69, 9.17) is 0 Å². The fraction of sp³-hybridized carbons (Fsp3) is 0.500. The van der Waals surface area contributed by atoms with Crippen molar-refractivity contribution in [3.63, 3.8) is 0 Å². The van der Waals surface area contributed by atoms with E-state index in [9.17, 15) is 13.2 Å². The molecule has 1 amide bonds. The van der Waals surface area contributed by atoms with Gasteiger partial charge in [0.25, 0.3) is 0 Å². The van der Waals surface area contributed by atoms with Crippen LogP contribution in [0.2, 0.25) is 0 Å². The van der Waals surface area contributed by atoms with Crippen molar-refractivity contribution >= 4 is 15.7 Å². The van der Waals surface area contributed by atoms with E-state index in [0.29, 0.717) is 32.5 Å². The maximum atomic E-state index is 12.6. The summed E-state index contributed by atoms with van der Waals surface area (Å²) in [4.78, 5) is 18.5. The maximum Gasteiger partial charge on any atom is 0.237 e. The lowest BCUT2D eigenvalue weighted by Gasteiger charge is -2.34. The Labute approximate surface area is 166 Å². The molecule has 0 aliphatic carbocycles. The molecule has 0 saturated carbocycles. The molecule has 1 aromatic heterocycles. The van der Waals surface area contributed by atoms with E-state index in [1.807, 2.05) is 41.8 Å². The van der Waals surface area contributed by atoms with Crippen molar-refractivity contribution in [2.75, 3.05) is 18.8 Å². The lowest BCUT2D eigenvalue weighted by Crippen LogP contribution is -2.54. The van der Waals surface area contributed by atoms with Gasteiger partial charge in [0, 0.05) is 26.2 Å². The second-order valence-electron chi connectivity index (χ2n) is 7.01. The molecular formula is C20H28N4O3S. The largest absolute Gasteiger partial charge is 0.353 e. The highest BCUT2D eigenvalue weighted by Crippen LogP contribution is 2.19. The average molecular weight is 405 g/mol. The van der Waals surface area contributed by atoms with Crippen LogP contribution in [0.3, 0.4) is 0 Å². The number of aryl methyl sites for hydroxylation is 1. The standard InChI is InChI=1S/C20H28N4O3S/c1-3-18-19(25)21-11-13-23(18)15-17-14-22-20(28(26,27)4-2)24(17)12-10-16-8-6-5-7-9-16/h5-9,14,18H,3-4,10-13,15H2,1-2H3,(H,21,25)/t18-/m1/s1. The molecule has 1 saturated heterocycles. The maximum absolute atomic E-state index is 12.6. The molecule has 2 aromatic rings. The minimum Gasteiger partial charge on any atom is -0.353 e. The van der Waals surface area contributed by atoms with Crippen molar-refractivity contribution in [2.45, 2.75) is 51.0 Å². The van der Waals surface area contributed by atoms with Gasteiger partial charge in [-0.05, 0) is 18.4 Å². The number of imidazole rings is 1. The lowest BCUT2D eigenvalue weighted by molar-refractivity contribution is -0.129. The Hall–Kier alpha value is -2.19. The molecule has 1 atom stereocenters. The Balaban J connectivity index is 1.88. The topological polar surface area (TPSA) is 84.3 Å². The van der Waals surface area contributed by atoms with E-state index in [2.05, 4.69) is 15.2 Å². The van der Waals surface area contributed by atoms with Gasteiger partial charge in [0.2, 0.25) is 20.9 Å². The third-order valence-electron chi connectivity index (χ3n) is 5.22. The van der Waals surface area contributed by atoms with E-state index in [1.165, 1.54) is 0 Å². The third-order valence-corrected chi connectivity index (χ3v) is 6.86. The van der Waals surface area contributed by atoms with E-state index < -0.39 is 9.84 Å². The van der Waals surface area contributed by atoms with Gasteiger partial charge in [0.15, 0.2) is 0 Å². The van der Waals surface area contributed by atoms with Crippen LogP contribution in [0.4, 0.5) is 0 Å². The predicted octanol–water partition coefficient (Wildman–Crippen LogP) is 1.63. The number of hydrogen-bond acceptors (Lipinski definition) is 5. The Morgan fingerprint density at radius 1 is 1.21 bits per heavy atom. The Morgan fingerprint density at radius 2 is 1.96 bits per heavy atom. The molecule has 1 N–H and O–H groups in total. The summed E-state index contributed by atoms with van der Waals surface area (Å²) < 4.78 is 26.9. The third kappa shape index (κ3) is 4.44. The number of aromatic nitrogens is 2. The Morgan fingerprint density at radius 3 is 2.64 bits per heavy atom. The van der Waals surface area contributed by atoms with Gasteiger partial charge in [-0.2, -0.15) is 0 Å². The number of piperazine rings is 1. The minimum atomic E-state index is -3.43. The first-order chi connectivity index (χ1) is 13.5. The molecule has 0 spiro atoms. The van der Waals surface area contributed by atoms with Crippen molar-refractivity contribution < 1.29 is 13.2 Å². The van der Waals surface area contributed by atoms with E-state index in [0.717, 1.165) is 17.8 Å². The number of hydrogen-bond donors (Lipinski definition) is 1. The molecular weight excluding hydrogens is 376 g/mol. The number of amides is 1. The van der Waals surface area contributed by atoms with Crippen molar-refractivity contribution in [2.24, 2.45) is 0 Å². The molecule has 1 aliphatic heterocycles. The van der Waals surface area contributed by atoms with Gasteiger partial charge < -0.3 is 9.88 Å². The van der Waals surface area contributed by atoms with Gasteiger partial charge in [-0.25, -0.2) is 13.4 Å². The highest BCUT2D eigenvalue weighted by atomic mass is 32.2. The Kier molecular flexibility index (Phi) is 6.51. The first-order valence-electron chi connectivity index (χ1n) is 9.79. The van der Waals surface area contributed by atoms with Gasteiger partial charge in [0.1, 0.15) is 0 Å². The zero-order valence-electron chi connectivity index (χ0n) is 16.5. The molecule has 3 rings (SSSR count). The summed E-state index contributed by atoms with van der Waals surface area (Å²) in [6.07, 6.45) is 3.07. The smallest absolute Gasteiger partial charge is 0.237 e. The lowest BCUT2D eigenvalue weighted by atomic mass is 10.1. The summed E-state index contributed by atoms with van der Waals surface area (Å²) in [5, 5.41) is 3.02. The summed E-state index contributed by atoms with van der Waals surface area (Å²) >= 11 is 0. The molecule has 152 valence electrons. The van der Waals surface area contributed by atoms with E-state index >= 15 is 0 Å². The summed E-state index contributed by atoms with van der Waals surface area (Å²) in [6.45, 7) is 6.00. The number of rotatable bonds is 8. The summed E-state index contributed by atoms with van der Waals surface area (Å²) in [7, 11) is -3.43. The number of carbonyl (C=O) groups is 1. The van der Waals surface area contributed by atoms with Crippen LogP contribution in [0.1, 0.15) is 31.5 Å². The molecule has 28 heavy (non-hydrogen) atoms. The van der Waals surface area contributed by atoms with Crippen LogP contribution >= 0.6 is 0 Å². The number of nitrogens with one attached hydrogen (secondary N) is 1. The molecule has 1 fully saturated rings. The first-order valence-corrected chi connectivity index (χ1v) is 11.4. The van der Waals surface area contributed by atoms with Crippen LogP contribution < -0.4 is 5.32 Å². The number of nitrogens with zero attached hydrogens (tertiary/aromatic N) is 3. The highest BCUT2D eigenvalue weighted by molar-refractivity contribution is 7.91. The van der Waals surface area contributed by atoms with Gasteiger partial charge in [-0.1, -0.05) is 44.2 Å². The van der Waals surface area contributed by atoms with Gasteiger partial charge >= 0.3 is 0 Å². The van der Waals surface area contributed by atoms with E-state index in [-0.39, 0.29) is 22.9 Å². The zero-order valence-corrected chi connectivity index (χ0v) is 17.3. The van der Waals surface area contributed by atoms with Gasteiger partial charge in [0.05, 0.1) is 23.7 Å². The molecule has 0 bridgehead atoms. The highest BCUT2D eigenvalue weighted by Gasteiger charge is 2.30. The van der Waals surface area contributed by atoms with Gasteiger partial charge in [-0.15, -0.1) is 0 Å². The molecule has 0 radical (unpaired) electrons. The minimum absolute atomic E-state index is 0.0124. The van der Waals surface area contributed by atoms with Crippen molar-refractivity contribution in [1.29, 1.82) is 0 Å². The normalized spacial score (nSPS) is 18.2. The SMILES string of the molecule is CC[C@@H]1C(=O)NCCN1Cc1cnc(S(=O)(=O)CC)n1CCc1ccccc1. The number of carbonyl (C=O) groups excluding carboxylic acids is 1. The van der Waals surface area contributed by atoms with Crippen LogP contribution in [0.25, 0.3) is 0 Å². The van der Waals surface area contributed by atoms with Crippen molar-refractivity contribution in [3.05, 3.63) is 47.8 Å². The molecule has 8 heteroatoms. The predicted molar refractivity (Wildman–Crippen MR) is 108 cm³/mol. The molecule has 2 heterocycles. The molecule has 1 aromatic carbocycles. The summed E-state index contributed by atoms with van der Waals surface area (Å²) in [6, 6.07) is 9.79. The second kappa shape index (κ2) is 8.87. The van der Waals surface area contributed by atoms with Crippen molar-refractivity contribution in [1.82, 2.24) is 19.8 Å². The fourth-order valence-electron chi connectivity index (χ4n) is 3.62.